The highest BCUT2D eigenvalue weighted by atomic mass is 127. The molecule has 6 heteroatoms. The van der Waals surface area contributed by atoms with Crippen LogP contribution in [-0.4, -0.2) is 4.98 Å². The third-order valence-corrected chi connectivity index (χ3v) is 4.83. The number of aromatic nitrogens is 1. The number of nitrogens with two attached hydrogens (primary N) is 1. The molecular weight excluding hydrogens is 425 g/mol. The average molecular weight is 438 g/mol. The molecule has 0 aliphatic heterocycles. The largest absolute Gasteiger partial charge is 0.271 e. The number of nitrogens with zero attached hydrogens (tertiary/aromatic N) is 1. The summed E-state index contributed by atoms with van der Waals surface area (Å²) in [5.74, 6) is 5.68. The fourth-order valence-electron chi connectivity index (χ4n) is 1.75. The van der Waals surface area contributed by atoms with E-state index in [4.69, 9.17) is 5.84 Å². The number of halogens is 2. The predicted molar refractivity (Wildman–Crippen MR) is 87.5 cm³/mol. The summed E-state index contributed by atoms with van der Waals surface area (Å²) < 4.78 is 2.26. The van der Waals surface area contributed by atoms with Gasteiger partial charge < -0.3 is 0 Å². The molecule has 0 radical (unpaired) electrons. The normalized spacial score (nSPS) is 12.7. The molecular formula is C12H13BrIN3S. The molecule has 0 aliphatic rings. The van der Waals surface area contributed by atoms with E-state index in [1.54, 1.807) is 11.3 Å². The number of nitrogens with one attached hydrogen (secondary N) is 1. The summed E-state index contributed by atoms with van der Waals surface area (Å²) in [7, 11) is 0. The van der Waals surface area contributed by atoms with Gasteiger partial charge in [0.2, 0.25) is 0 Å². The highest BCUT2D eigenvalue weighted by Crippen LogP contribution is 2.27. The first-order chi connectivity index (χ1) is 8.60. The third-order valence-electron chi connectivity index (χ3n) is 2.61. The Balaban J connectivity index is 2.25. The number of thiazole rings is 1. The molecule has 0 spiro atoms. The molecule has 1 unspecified atom stereocenters. The van der Waals surface area contributed by atoms with Gasteiger partial charge in [0, 0.05) is 19.8 Å². The predicted octanol–water partition coefficient (Wildman–Crippen LogP) is 3.57. The Morgan fingerprint density at radius 3 is 2.94 bits per heavy atom. The Kier molecular flexibility index (Phi) is 5.14. The van der Waals surface area contributed by atoms with Crippen LogP contribution in [0.3, 0.4) is 0 Å². The van der Waals surface area contributed by atoms with Crippen molar-refractivity contribution in [2.75, 3.05) is 0 Å². The van der Waals surface area contributed by atoms with Crippen molar-refractivity contribution in [3.8, 4) is 0 Å². The van der Waals surface area contributed by atoms with Gasteiger partial charge in [-0.2, -0.15) is 0 Å². The Labute approximate surface area is 132 Å². The van der Waals surface area contributed by atoms with Crippen LogP contribution < -0.4 is 11.3 Å². The molecule has 0 bridgehead atoms. The van der Waals surface area contributed by atoms with Crippen LogP contribution in [-0.2, 0) is 6.42 Å². The van der Waals surface area contributed by atoms with E-state index < -0.39 is 0 Å². The van der Waals surface area contributed by atoms with E-state index >= 15 is 0 Å². The Morgan fingerprint density at radius 1 is 1.56 bits per heavy atom. The second-order valence-electron chi connectivity index (χ2n) is 3.95. The van der Waals surface area contributed by atoms with Crippen molar-refractivity contribution in [3.63, 3.8) is 0 Å². The fourth-order valence-corrected chi connectivity index (χ4v) is 3.42. The molecule has 1 aromatic heterocycles. The number of hydrogen-bond acceptors (Lipinski definition) is 4. The summed E-state index contributed by atoms with van der Waals surface area (Å²) in [6, 6.07) is 6.31. The van der Waals surface area contributed by atoms with Gasteiger partial charge in [0.15, 0.2) is 0 Å². The second kappa shape index (κ2) is 6.42. The molecule has 1 atom stereocenters. The molecule has 0 saturated carbocycles. The molecule has 18 heavy (non-hydrogen) atoms. The number of rotatable bonds is 4. The maximum Gasteiger partial charge on any atom is 0.0897 e. The van der Waals surface area contributed by atoms with Crippen LogP contribution in [0.15, 0.2) is 28.1 Å². The van der Waals surface area contributed by atoms with Crippen LogP contribution in [0.4, 0.5) is 0 Å². The Hall–Kier alpha value is -0.0200. The maximum atomic E-state index is 5.68. The van der Waals surface area contributed by atoms with Crippen molar-refractivity contribution in [1.82, 2.24) is 10.4 Å². The molecule has 0 aliphatic carbocycles. The van der Waals surface area contributed by atoms with Crippen molar-refractivity contribution < 1.29 is 0 Å². The Morgan fingerprint density at radius 2 is 2.33 bits per heavy atom. The van der Waals surface area contributed by atoms with Crippen molar-refractivity contribution in [1.29, 1.82) is 0 Å². The van der Waals surface area contributed by atoms with Crippen molar-refractivity contribution in [2.45, 2.75) is 19.4 Å². The average Bonchev–Trinajstić information content (AvgIpc) is 2.75. The van der Waals surface area contributed by atoms with Crippen LogP contribution in [0.2, 0.25) is 0 Å². The zero-order chi connectivity index (χ0) is 13.1. The molecule has 3 nitrogen and oxygen atoms in total. The SMILES string of the molecule is Cc1nc(CC(NN)c2cc(I)ccc2Br)cs1. The van der Waals surface area contributed by atoms with Gasteiger partial charge in [-0.25, -0.2) is 4.98 Å². The quantitative estimate of drug-likeness (QED) is 0.436. The summed E-state index contributed by atoms with van der Waals surface area (Å²) in [5, 5.41) is 3.17. The zero-order valence-electron chi connectivity index (χ0n) is 9.78. The van der Waals surface area contributed by atoms with Crippen molar-refractivity contribution in [2.24, 2.45) is 5.84 Å². The van der Waals surface area contributed by atoms with Gasteiger partial charge in [-0.3, -0.25) is 11.3 Å². The van der Waals surface area contributed by atoms with E-state index in [1.165, 1.54) is 3.57 Å². The van der Waals surface area contributed by atoms with Crippen molar-refractivity contribution in [3.05, 3.63) is 47.9 Å². The third kappa shape index (κ3) is 3.51. The maximum absolute atomic E-state index is 5.68. The molecule has 96 valence electrons. The minimum Gasteiger partial charge on any atom is -0.271 e. The summed E-state index contributed by atoms with van der Waals surface area (Å²) in [6.45, 7) is 2.01. The molecule has 0 fully saturated rings. The summed E-state index contributed by atoms with van der Waals surface area (Å²) >= 11 is 7.54. The lowest BCUT2D eigenvalue weighted by atomic mass is 10.0. The first kappa shape index (κ1) is 14.4. The van der Waals surface area contributed by atoms with Crippen LogP contribution in [0.5, 0.6) is 0 Å². The molecule has 2 aromatic rings. The highest BCUT2D eigenvalue weighted by Gasteiger charge is 2.15. The Bertz CT molecular complexity index is 544. The standard InChI is InChI=1S/C12H13BrIN3S/c1-7-16-9(6-18-7)5-12(17-15)10-4-8(14)2-3-11(10)13/h2-4,6,12,17H,5,15H2,1H3. The topological polar surface area (TPSA) is 50.9 Å². The second-order valence-corrected chi connectivity index (χ2v) is 7.11. The van der Waals surface area contributed by atoms with Crippen LogP contribution in [0.1, 0.15) is 22.3 Å². The minimum atomic E-state index is 0.0654. The number of aryl methyl sites for hydroxylation is 1. The monoisotopic (exact) mass is 437 g/mol. The number of hydrogen-bond donors (Lipinski definition) is 2. The van der Waals surface area contributed by atoms with Gasteiger partial charge in [-0.15, -0.1) is 11.3 Å². The summed E-state index contributed by atoms with van der Waals surface area (Å²) in [4.78, 5) is 4.48. The fraction of sp³-hybridized carbons (Fsp3) is 0.250. The molecule has 2 rings (SSSR count). The van der Waals surface area contributed by atoms with E-state index in [0.29, 0.717) is 0 Å². The van der Waals surface area contributed by atoms with Gasteiger partial charge in [-0.05, 0) is 53.3 Å². The molecule has 0 amide bonds. The van der Waals surface area contributed by atoms with E-state index in [-0.39, 0.29) is 6.04 Å². The summed E-state index contributed by atoms with van der Waals surface area (Å²) in [6.07, 6.45) is 0.791. The first-order valence-electron chi connectivity index (χ1n) is 5.42. The number of hydrazine groups is 1. The summed E-state index contributed by atoms with van der Waals surface area (Å²) in [5.41, 5.74) is 5.11. The van der Waals surface area contributed by atoms with Gasteiger partial charge in [0.25, 0.3) is 0 Å². The first-order valence-corrected chi connectivity index (χ1v) is 8.17. The van der Waals surface area contributed by atoms with E-state index in [0.717, 1.165) is 27.2 Å². The molecule has 1 heterocycles. The molecule has 3 N–H and O–H groups in total. The van der Waals surface area contributed by atoms with Gasteiger partial charge in [-0.1, -0.05) is 15.9 Å². The highest BCUT2D eigenvalue weighted by molar-refractivity contribution is 14.1. The van der Waals surface area contributed by atoms with Crippen LogP contribution >= 0.6 is 49.9 Å². The van der Waals surface area contributed by atoms with E-state index in [9.17, 15) is 0 Å². The lowest BCUT2D eigenvalue weighted by Crippen LogP contribution is -2.30. The minimum absolute atomic E-state index is 0.0654. The van der Waals surface area contributed by atoms with Gasteiger partial charge in [0.05, 0.1) is 16.7 Å². The lowest BCUT2D eigenvalue weighted by Gasteiger charge is -2.17. The van der Waals surface area contributed by atoms with Crippen molar-refractivity contribution >= 4 is 49.9 Å². The molecule has 0 saturated heterocycles. The zero-order valence-corrected chi connectivity index (χ0v) is 14.3. The van der Waals surface area contributed by atoms with Crippen LogP contribution in [0.25, 0.3) is 0 Å². The van der Waals surface area contributed by atoms with Gasteiger partial charge in [0.1, 0.15) is 0 Å². The lowest BCUT2D eigenvalue weighted by molar-refractivity contribution is 0.544. The van der Waals surface area contributed by atoms with Crippen LogP contribution in [0, 0.1) is 10.5 Å². The smallest absolute Gasteiger partial charge is 0.0897 e. The molecule has 1 aromatic carbocycles. The van der Waals surface area contributed by atoms with E-state index in [1.807, 2.05) is 13.0 Å². The number of benzene rings is 1. The van der Waals surface area contributed by atoms with Gasteiger partial charge >= 0.3 is 0 Å². The van der Waals surface area contributed by atoms with E-state index in [2.05, 4.69) is 66.4 Å².